The molecule has 0 fully saturated rings. The SMILES string of the molecule is c1ccc(-c2nc(-c3ccc4c(c3)oc3ccc(-n5c6ccccc6c6ccccc65)cc34)nc(-c3cccc4c3oc3cc(-c5ccc(-c6nc(-c7ccc8c(c7)oc7ccccc78)nc(-c7ccc8c(c7)oc7ccc(-n9c%10ccccc%10c%10ccccc%109)cc78)n6)cc5)ccc34)n2)cc1. The van der Waals surface area contributed by atoms with Crippen molar-refractivity contribution in [1.82, 2.24) is 39.0 Å². The second-order valence-corrected chi connectivity index (χ2v) is 26.1. The van der Waals surface area contributed by atoms with E-state index >= 15 is 0 Å². The highest BCUT2D eigenvalue weighted by Crippen LogP contribution is 2.43. The van der Waals surface area contributed by atoms with Gasteiger partial charge in [0.15, 0.2) is 34.9 Å². The van der Waals surface area contributed by atoms with Crippen molar-refractivity contribution in [3.8, 4) is 90.8 Å². The number of nitrogens with zero attached hydrogens (tertiary/aromatic N) is 8. The van der Waals surface area contributed by atoms with Crippen molar-refractivity contribution in [3.63, 3.8) is 0 Å². The lowest BCUT2D eigenvalue weighted by atomic mass is 10.0. The Labute approximate surface area is 578 Å². The smallest absolute Gasteiger partial charge is 0.167 e. The number of benzene rings is 14. The summed E-state index contributed by atoms with van der Waals surface area (Å²) in [5.41, 5.74) is 19.5. The first-order valence-electron chi connectivity index (χ1n) is 33.9. The standard InChI is InChI=1S/C90H50N8O4/c1-2-15-52(16-3-1)85-91-89(57-36-42-68-72-50-59(38-44-79(72)101-82(68)48-57)98-75-26-11-6-19-62(75)63-20-7-12-27-76(63)98)96-90(95-85)70-23-14-22-69-66-39-33-54(45-83(66)102-84(69)70)51-29-31-53(32-30-51)86-92-87(55-34-40-65-64-21-8-13-28-77(64)99-80(65)46-55)94-88(93-86)56-35-41-67-71-49-58(37-43-78(71)100-81(67)47-56)97-73-24-9-4-17-60(73)61-18-5-10-25-74(61)97/h1-50H. The van der Waals surface area contributed by atoms with Crippen molar-refractivity contribution < 1.29 is 17.7 Å². The zero-order valence-electron chi connectivity index (χ0n) is 54.1. The van der Waals surface area contributed by atoms with Crippen LogP contribution in [0.1, 0.15) is 0 Å². The number of fused-ring (bicyclic) bond motifs is 18. The molecule has 0 amide bonds. The molecule has 12 nitrogen and oxygen atoms in total. The fourth-order valence-electron chi connectivity index (χ4n) is 15.4. The van der Waals surface area contributed by atoms with Crippen molar-refractivity contribution in [1.29, 1.82) is 0 Å². The molecular formula is C90H50N8O4. The fourth-order valence-corrected chi connectivity index (χ4v) is 15.4. The largest absolute Gasteiger partial charge is 0.456 e. The van der Waals surface area contributed by atoms with Crippen LogP contribution in [0.2, 0.25) is 0 Å². The lowest BCUT2D eigenvalue weighted by Crippen LogP contribution is -2.00. The van der Waals surface area contributed by atoms with Gasteiger partial charge in [0.05, 0.1) is 27.6 Å². The Bertz CT molecular complexity index is 7170. The van der Waals surface area contributed by atoms with Crippen molar-refractivity contribution in [2.75, 3.05) is 0 Å². The van der Waals surface area contributed by atoms with E-state index in [9.17, 15) is 0 Å². The Morgan fingerprint density at radius 1 is 0.186 bits per heavy atom. The molecule has 22 rings (SSSR count). The Hall–Kier alpha value is -14.1. The van der Waals surface area contributed by atoms with Gasteiger partial charge in [-0.15, -0.1) is 0 Å². The third kappa shape index (κ3) is 8.69. The third-order valence-corrected chi connectivity index (χ3v) is 20.3. The maximum Gasteiger partial charge on any atom is 0.167 e. The highest BCUT2D eigenvalue weighted by atomic mass is 16.3. The number of para-hydroxylation sites is 6. The lowest BCUT2D eigenvalue weighted by molar-refractivity contribution is 0.668. The minimum atomic E-state index is 0.486. The summed E-state index contributed by atoms with van der Waals surface area (Å²) in [6, 6.07) is 105. The van der Waals surface area contributed by atoms with Gasteiger partial charge in [0.25, 0.3) is 0 Å². The van der Waals surface area contributed by atoms with Gasteiger partial charge in [-0.3, -0.25) is 0 Å². The van der Waals surface area contributed by atoms with Crippen LogP contribution in [0.15, 0.2) is 321 Å². The molecule has 0 radical (unpaired) electrons. The Kier molecular flexibility index (Phi) is 11.9. The summed E-state index contributed by atoms with van der Waals surface area (Å²) in [6.07, 6.45) is 0. The normalized spacial score (nSPS) is 12.1. The number of aromatic nitrogens is 8. The Morgan fingerprint density at radius 3 is 1.02 bits per heavy atom. The van der Waals surface area contributed by atoms with Gasteiger partial charge in [-0.25, -0.2) is 29.9 Å². The predicted octanol–water partition coefficient (Wildman–Crippen LogP) is 23.5. The molecule has 0 bridgehead atoms. The molecule has 12 heteroatoms. The number of hydrogen-bond donors (Lipinski definition) is 0. The molecule has 0 saturated heterocycles. The van der Waals surface area contributed by atoms with Crippen LogP contribution in [0.5, 0.6) is 0 Å². The number of hydrogen-bond acceptors (Lipinski definition) is 10. The summed E-state index contributed by atoms with van der Waals surface area (Å²) in [5.74, 6) is 3.07. The molecule has 474 valence electrons. The van der Waals surface area contributed by atoms with E-state index in [1.165, 1.54) is 21.5 Å². The first-order chi connectivity index (χ1) is 50.5. The monoisotopic (exact) mass is 1310 g/mol. The zero-order valence-corrected chi connectivity index (χ0v) is 54.1. The molecular weight excluding hydrogens is 1260 g/mol. The molecule has 0 aliphatic heterocycles. The molecule has 14 aromatic carbocycles. The van der Waals surface area contributed by atoms with Gasteiger partial charge in [-0.2, -0.15) is 0 Å². The molecule has 0 atom stereocenters. The first kappa shape index (κ1) is 56.0. The van der Waals surface area contributed by atoms with Crippen LogP contribution in [0, 0.1) is 0 Å². The van der Waals surface area contributed by atoms with Crippen LogP contribution >= 0.6 is 0 Å². The van der Waals surface area contributed by atoms with Gasteiger partial charge in [0.2, 0.25) is 0 Å². The molecule has 8 heterocycles. The van der Waals surface area contributed by atoms with Gasteiger partial charge < -0.3 is 26.8 Å². The van der Waals surface area contributed by atoms with Crippen molar-refractivity contribution >= 4 is 131 Å². The molecule has 0 aliphatic carbocycles. The third-order valence-electron chi connectivity index (χ3n) is 20.3. The van der Waals surface area contributed by atoms with Gasteiger partial charge in [0, 0.05) is 104 Å². The molecule has 8 aromatic heterocycles. The molecule has 0 aliphatic rings. The predicted molar refractivity (Wildman–Crippen MR) is 409 cm³/mol. The minimum Gasteiger partial charge on any atom is -0.456 e. The summed E-state index contributed by atoms with van der Waals surface area (Å²) >= 11 is 0. The Morgan fingerprint density at radius 2 is 0.520 bits per heavy atom. The van der Waals surface area contributed by atoms with E-state index in [1.807, 2.05) is 78.9 Å². The van der Waals surface area contributed by atoms with Crippen LogP contribution < -0.4 is 0 Å². The van der Waals surface area contributed by atoms with Crippen LogP contribution in [-0.4, -0.2) is 39.0 Å². The Balaban J connectivity index is 0.609. The second-order valence-electron chi connectivity index (χ2n) is 26.1. The average Bonchev–Trinajstić information content (AvgIpc) is 1.59. The lowest BCUT2D eigenvalue weighted by Gasteiger charge is -2.09. The topological polar surface area (TPSA) is 140 Å². The van der Waals surface area contributed by atoms with Crippen LogP contribution in [0.3, 0.4) is 0 Å². The summed E-state index contributed by atoms with van der Waals surface area (Å²) in [7, 11) is 0. The van der Waals surface area contributed by atoms with E-state index in [0.717, 1.165) is 160 Å². The quantitative estimate of drug-likeness (QED) is 0.137. The second kappa shape index (κ2) is 21.7. The van der Waals surface area contributed by atoms with E-state index in [1.54, 1.807) is 0 Å². The van der Waals surface area contributed by atoms with E-state index in [0.29, 0.717) is 40.5 Å². The van der Waals surface area contributed by atoms with E-state index in [4.69, 9.17) is 47.6 Å². The highest BCUT2D eigenvalue weighted by molar-refractivity contribution is 6.14. The van der Waals surface area contributed by atoms with E-state index in [-0.39, 0.29) is 0 Å². The summed E-state index contributed by atoms with van der Waals surface area (Å²) in [5, 5.41) is 12.9. The molecule has 0 N–H and O–H groups in total. The fraction of sp³-hybridized carbons (Fsp3) is 0. The zero-order chi connectivity index (χ0) is 66.7. The van der Waals surface area contributed by atoms with E-state index < -0.39 is 0 Å². The summed E-state index contributed by atoms with van der Waals surface area (Å²) in [6.45, 7) is 0. The molecule has 0 unspecified atom stereocenters. The number of rotatable bonds is 9. The van der Waals surface area contributed by atoms with Gasteiger partial charge in [-0.1, -0.05) is 182 Å². The van der Waals surface area contributed by atoms with Gasteiger partial charge in [-0.05, 0) is 132 Å². The molecule has 22 aromatic rings. The summed E-state index contributed by atoms with van der Waals surface area (Å²) in [4.78, 5) is 31.2. The minimum absolute atomic E-state index is 0.486. The van der Waals surface area contributed by atoms with Gasteiger partial charge in [0.1, 0.15) is 44.7 Å². The van der Waals surface area contributed by atoms with Gasteiger partial charge >= 0.3 is 0 Å². The number of furan rings is 4. The van der Waals surface area contributed by atoms with Crippen molar-refractivity contribution in [2.24, 2.45) is 0 Å². The molecule has 102 heavy (non-hydrogen) atoms. The van der Waals surface area contributed by atoms with Crippen LogP contribution in [-0.2, 0) is 0 Å². The van der Waals surface area contributed by atoms with Crippen molar-refractivity contribution in [3.05, 3.63) is 303 Å². The van der Waals surface area contributed by atoms with Crippen molar-refractivity contribution in [2.45, 2.75) is 0 Å². The summed E-state index contributed by atoms with van der Waals surface area (Å²) < 4.78 is 31.3. The first-order valence-corrected chi connectivity index (χ1v) is 33.9. The van der Waals surface area contributed by atoms with Crippen LogP contribution in [0.25, 0.3) is 222 Å². The average molecular weight is 1310 g/mol. The van der Waals surface area contributed by atoms with Crippen LogP contribution in [0.4, 0.5) is 0 Å². The maximum absolute atomic E-state index is 6.95. The van der Waals surface area contributed by atoms with E-state index in [2.05, 4.69) is 234 Å². The maximum atomic E-state index is 6.95. The molecule has 0 spiro atoms. The highest BCUT2D eigenvalue weighted by Gasteiger charge is 2.23. The molecule has 0 saturated carbocycles.